The van der Waals surface area contributed by atoms with E-state index < -0.39 is 16.1 Å². The molecule has 0 saturated carbocycles. The van der Waals surface area contributed by atoms with Crippen molar-refractivity contribution in [1.82, 2.24) is 9.21 Å². The first-order valence-corrected chi connectivity index (χ1v) is 11.3. The number of methoxy groups -OCH3 is 1. The first-order chi connectivity index (χ1) is 14.8. The predicted octanol–water partition coefficient (Wildman–Crippen LogP) is 1.56. The molecule has 1 atom stereocenters. The van der Waals surface area contributed by atoms with Gasteiger partial charge in [0.2, 0.25) is 10.0 Å². The molecule has 0 aliphatic carbocycles. The third-order valence-corrected chi connectivity index (χ3v) is 7.28. The Morgan fingerprint density at radius 1 is 1.13 bits per heavy atom. The third-order valence-electron chi connectivity index (χ3n) is 5.38. The molecule has 1 fully saturated rings. The largest absolute Gasteiger partial charge is 0.496 e. The highest BCUT2D eigenvalue weighted by molar-refractivity contribution is 7.89. The van der Waals surface area contributed by atoms with Crippen LogP contribution in [0, 0.1) is 0 Å². The predicted molar refractivity (Wildman–Crippen MR) is 113 cm³/mol. The van der Waals surface area contributed by atoms with Crippen LogP contribution in [0.1, 0.15) is 17.3 Å². The van der Waals surface area contributed by atoms with Crippen LogP contribution in [0.25, 0.3) is 0 Å². The number of anilines is 1. The molecule has 164 valence electrons. The summed E-state index contributed by atoms with van der Waals surface area (Å²) in [6, 6.07) is 11.4. The van der Waals surface area contributed by atoms with Crippen molar-refractivity contribution in [3.63, 3.8) is 0 Å². The number of carbonyl (C=O) groups is 2. The fourth-order valence-corrected chi connectivity index (χ4v) is 5.07. The number of benzene rings is 2. The summed E-state index contributed by atoms with van der Waals surface area (Å²) in [4.78, 5) is 26.4. The van der Waals surface area contributed by atoms with Crippen LogP contribution >= 0.6 is 0 Å². The number of hydrogen-bond donors (Lipinski definition) is 1. The molecule has 2 aliphatic heterocycles. The summed E-state index contributed by atoms with van der Waals surface area (Å²) >= 11 is 0. The highest BCUT2D eigenvalue weighted by atomic mass is 32.2. The van der Waals surface area contributed by atoms with Crippen molar-refractivity contribution >= 4 is 27.5 Å². The molecular formula is C21H23N3O6S. The second kappa shape index (κ2) is 8.20. The van der Waals surface area contributed by atoms with E-state index in [-0.39, 0.29) is 42.9 Å². The van der Waals surface area contributed by atoms with Crippen molar-refractivity contribution in [3.8, 4) is 11.5 Å². The van der Waals surface area contributed by atoms with Crippen LogP contribution in [0.2, 0.25) is 0 Å². The summed E-state index contributed by atoms with van der Waals surface area (Å²) in [5, 5.41) is 2.66. The van der Waals surface area contributed by atoms with Crippen LogP contribution in [0.3, 0.4) is 0 Å². The first kappa shape index (κ1) is 21.1. The molecule has 0 unspecified atom stereocenters. The van der Waals surface area contributed by atoms with Gasteiger partial charge in [0.15, 0.2) is 6.10 Å². The Hall–Kier alpha value is -3.11. The smallest absolute Gasteiger partial charge is 0.265 e. The van der Waals surface area contributed by atoms with Crippen molar-refractivity contribution in [2.45, 2.75) is 17.9 Å². The summed E-state index contributed by atoms with van der Waals surface area (Å²) in [6.45, 7) is 2.48. The molecule has 2 aromatic rings. The number of piperazine rings is 1. The normalized spacial score (nSPS) is 19.2. The van der Waals surface area contributed by atoms with Gasteiger partial charge in [0.05, 0.1) is 23.3 Å². The Kier molecular flexibility index (Phi) is 5.59. The van der Waals surface area contributed by atoms with Gasteiger partial charge in [-0.2, -0.15) is 4.31 Å². The van der Waals surface area contributed by atoms with Gasteiger partial charge in [-0.15, -0.1) is 0 Å². The molecule has 2 aliphatic rings. The SMILES string of the molecule is COc1ccccc1C(=O)N1CCN(S(=O)(=O)c2ccc3c(c2)NC(=O)[C@H](C)O3)CC1. The van der Waals surface area contributed by atoms with E-state index in [1.54, 1.807) is 42.2 Å². The monoisotopic (exact) mass is 445 g/mol. The lowest BCUT2D eigenvalue weighted by Gasteiger charge is -2.34. The number of carbonyl (C=O) groups excluding carboxylic acids is 2. The van der Waals surface area contributed by atoms with E-state index >= 15 is 0 Å². The Labute approximate surface area is 180 Å². The molecule has 9 nitrogen and oxygen atoms in total. The summed E-state index contributed by atoms with van der Waals surface area (Å²) in [5.74, 6) is 0.385. The van der Waals surface area contributed by atoms with Gasteiger partial charge in [0.25, 0.3) is 11.8 Å². The molecule has 10 heteroatoms. The maximum absolute atomic E-state index is 13.1. The van der Waals surface area contributed by atoms with Gasteiger partial charge < -0.3 is 19.7 Å². The average molecular weight is 445 g/mol. The zero-order chi connectivity index (χ0) is 22.2. The van der Waals surface area contributed by atoms with Crippen molar-refractivity contribution in [2.24, 2.45) is 0 Å². The van der Waals surface area contributed by atoms with E-state index in [1.165, 1.54) is 23.5 Å². The van der Waals surface area contributed by atoms with Crippen LogP contribution in [0.4, 0.5) is 5.69 Å². The van der Waals surface area contributed by atoms with Crippen LogP contribution < -0.4 is 14.8 Å². The fraction of sp³-hybridized carbons (Fsp3) is 0.333. The topological polar surface area (TPSA) is 105 Å². The van der Waals surface area contributed by atoms with Crippen molar-refractivity contribution in [3.05, 3.63) is 48.0 Å². The molecular weight excluding hydrogens is 422 g/mol. The van der Waals surface area contributed by atoms with Gasteiger partial charge in [-0.3, -0.25) is 9.59 Å². The number of para-hydroxylation sites is 1. The first-order valence-electron chi connectivity index (χ1n) is 9.85. The number of fused-ring (bicyclic) bond motifs is 1. The van der Waals surface area contributed by atoms with Gasteiger partial charge in [0, 0.05) is 26.2 Å². The lowest BCUT2D eigenvalue weighted by atomic mass is 10.1. The van der Waals surface area contributed by atoms with Crippen molar-refractivity contribution in [1.29, 1.82) is 0 Å². The number of sulfonamides is 1. The molecule has 2 aromatic carbocycles. The second-order valence-electron chi connectivity index (χ2n) is 7.30. The fourth-order valence-electron chi connectivity index (χ4n) is 3.62. The number of hydrogen-bond acceptors (Lipinski definition) is 6. The van der Waals surface area contributed by atoms with Gasteiger partial charge in [-0.25, -0.2) is 8.42 Å². The lowest BCUT2D eigenvalue weighted by Crippen LogP contribution is -2.50. The van der Waals surface area contributed by atoms with Crippen molar-refractivity contribution in [2.75, 3.05) is 38.6 Å². The Balaban J connectivity index is 1.48. The van der Waals surface area contributed by atoms with E-state index in [0.717, 1.165) is 0 Å². The zero-order valence-corrected chi connectivity index (χ0v) is 18.0. The van der Waals surface area contributed by atoms with Crippen LogP contribution in [0.15, 0.2) is 47.4 Å². The molecule has 2 amide bonds. The summed E-state index contributed by atoms with van der Waals surface area (Å²) in [6.07, 6.45) is -0.635. The average Bonchev–Trinajstić information content (AvgIpc) is 2.79. The van der Waals surface area contributed by atoms with E-state index in [0.29, 0.717) is 22.7 Å². The summed E-state index contributed by atoms with van der Waals surface area (Å²) in [7, 11) is -2.29. The van der Waals surface area contributed by atoms with Crippen molar-refractivity contribution < 1.29 is 27.5 Å². The molecule has 0 radical (unpaired) electrons. The summed E-state index contributed by atoms with van der Waals surface area (Å²) < 4.78 is 38.3. The second-order valence-corrected chi connectivity index (χ2v) is 9.24. The molecule has 0 spiro atoms. The molecule has 0 bridgehead atoms. The van der Waals surface area contributed by atoms with Crippen LogP contribution in [-0.2, 0) is 14.8 Å². The van der Waals surface area contributed by atoms with Gasteiger partial charge in [-0.05, 0) is 37.3 Å². The molecule has 0 aromatic heterocycles. The molecule has 1 N–H and O–H groups in total. The highest BCUT2D eigenvalue weighted by Crippen LogP contribution is 2.33. The standard InChI is InChI=1S/C21H23N3O6S/c1-14-20(25)22-17-13-15(7-8-19(17)30-14)31(27,28)24-11-9-23(10-12-24)21(26)16-5-3-4-6-18(16)29-2/h3-8,13-14H,9-12H2,1-2H3,(H,22,25)/t14-/m0/s1. The van der Waals surface area contributed by atoms with E-state index in [4.69, 9.17) is 9.47 Å². The van der Waals surface area contributed by atoms with E-state index in [2.05, 4.69) is 5.32 Å². The Bertz CT molecular complexity index is 1130. The number of rotatable bonds is 4. The molecule has 1 saturated heterocycles. The number of amides is 2. The minimum atomic E-state index is -3.79. The van der Waals surface area contributed by atoms with Crippen LogP contribution in [0.5, 0.6) is 11.5 Å². The molecule has 4 rings (SSSR count). The Morgan fingerprint density at radius 3 is 2.55 bits per heavy atom. The zero-order valence-electron chi connectivity index (χ0n) is 17.2. The Morgan fingerprint density at radius 2 is 1.84 bits per heavy atom. The van der Waals surface area contributed by atoms with E-state index in [9.17, 15) is 18.0 Å². The number of ether oxygens (including phenoxy) is 2. The minimum absolute atomic E-state index is 0.0641. The quantitative estimate of drug-likeness (QED) is 0.766. The van der Waals surface area contributed by atoms with Crippen LogP contribution in [-0.4, -0.2) is 68.8 Å². The third kappa shape index (κ3) is 3.96. The van der Waals surface area contributed by atoms with Gasteiger partial charge >= 0.3 is 0 Å². The summed E-state index contributed by atoms with van der Waals surface area (Å²) in [5.41, 5.74) is 0.773. The number of nitrogens with one attached hydrogen (secondary N) is 1. The lowest BCUT2D eigenvalue weighted by molar-refractivity contribution is -0.122. The molecule has 31 heavy (non-hydrogen) atoms. The maximum Gasteiger partial charge on any atom is 0.265 e. The number of nitrogens with zero attached hydrogens (tertiary/aromatic N) is 2. The van der Waals surface area contributed by atoms with Gasteiger partial charge in [0.1, 0.15) is 11.5 Å². The molecule has 2 heterocycles. The minimum Gasteiger partial charge on any atom is -0.496 e. The maximum atomic E-state index is 13.1. The van der Waals surface area contributed by atoms with Gasteiger partial charge in [-0.1, -0.05) is 12.1 Å². The highest BCUT2D eigenvalue weighted by Gasteiger charge is 2.32. The van der Waals surface area contributed by atoms with E-state index in [1.807, 2.05) is 0 Å².